The molecule has 1 aliphatic heterocycles. The lowest BCUT2D eigenvalue weighted by Crippen LogP contribution is -2.41. The molecule has 0 amide bonds. The van der Waals surface area contributed by atoms with Crippen molar-refractivity contribution in [3.05, 3.63) is 15.9 Å². The molecule has 1 N–H and O–H groups in total. The number of rotatable bonds is 5. The van der Waals surface area contributed by atoms with Gasteiger partial charge >= 0.3 is 0 Å². The highest BCUT2D eigenvalue weighted by atomic mass is 79.9. The van der Waals surface area contributed by atoms with E-state index in [-0.39, 0.29) is 6.04 Å². The van der Waals surface area contributed by atoms with E-state index < -0.39 is 10.0 Å². The number of hydrogen-bond donors (Lipinski definition) is 1. The van der Waals surface area contributed by atoms with Gasteiger partial charge in [0, 0.05) is 23.6 Å². The van der Waals surface area contributed by atoms with Crippen molar-refractivity contribution in [2.75, 3.05) is 19.6 Å². The normalized spacial score (nSPS) is 20.7. The molecule has 0 spiro atoms. The minimum absolute atomic E-state index is 0.0870. The molecule has 0 aliphatic carbocycles. The summed E-state index contributed by atoms with van der Waals surface area (Å²) < 4.78 is 28.1. The summed E-state index contributed by atoms with van der Waals surface area (Å²) >= 11 is 4.59. The van der Waals surface area contributed by atoms with Gasteiger partial charge in [0.15, 0.2) is 0 Å². The fraction of sp³-hybridized carbons (Fsp3) is 0.636. The van der Waals surface area contributed by atoms with E-state index in [0.717, 1.165) is 25.9 Å². The van der Waals surface area contributed by atoms with Gasteiger partial charge in [-0.05, 0) is 46.8 Å². The molecule has 1 aliphatic rings. The summed E-state index contributed by atoms with van der Waals surface area (Å²) in [5.41, 5.74) is 0. The van der Waals surface area contributed by atoms with Gasteiger partial charge < -0.3 is 5.32 Å². The Bertz CT molecular complexity index is 495. The van der Waals surface area contributed by atoms with Gasteiger partial charge in [-0.15, -0.1) is 11.3 Å². The van der Waals surface area contributed by atoms with Gasteiger partial charge in [0.2, 0.25) is 0 Å². The van der Waals surface area contributed by atoms with E-state index >= 15 is 0 Å². The van der Waals surface area contributed by atoms with Gasteiger partial charge in [-0.2, -0.15) is 4.31 Å². The number of thiophene rings is 1. The van der Waals surface area contributed by atoms with E-state index in [4.69, 9.17) is 0 Å². The van der Waals surface area contributed by atoms with Crippen molar-refractivity contribution in [2.24, 2.45) is 0 Å². The van der Waals surface area contributed by atoms with Crippen molar-refractivity contribution in [1.29, 1.82) is 0 Å². The van der Waals surface area contributed by atoms with Crippen LogP contribution >= 0.6 is 27.3 Å². The average molecular weight is 353 g/mol. The van der Waals surface area contributed by atoms with E-state index in [1.54, 1.807) is 15.8 Å². The summed E-state index contributed by atoms with van der Waals surface area (Å²) in [5, 5.41) is 5.03. The van der Waals surface area contributed by atoms with Gasteiger partial charge in [-0.1, -0.05) is 6.92 Å². The Kier molecular flexibility index (Phi) is 4.82. The van der Waals surface area contributed by atoms with Crippen molar-refractivity contribution in [3.8, 4) is 0 Å². The molecule has 2 rings (SSSR count). The minimum Gasteiger partial charge on any atom is -0.315 e. The number of halogens is 1. The lowest BCUT2D eigenvalue weighted by atomic mass is 10.2. The first-order chi connectivity index (χ1) is 8.57. The minimum atomic E-state index is -3.37. The first kappa shape index (κ1) is 14.5. The summed E-state index contributed by atoms with van der Waals surface area (Å²) in [6.07, 6.45) is 1.72. The van der Waals surface area contributed by atoms with Crippen molar-refractivity contribution < 1.29 is 8.42 Å². The highest BCUT2D eigenvalue weighted by Gasteiger charge is 2.34. The van der Waals surface area contributed by atoms with Crippen LogP contribution in [-0.4, -0.2) is 38.4 Å². The monoisotopic (exact) mass is 352 g/mol. The van der Waals surface area contributed by atoms with E-state index in [0.29, 0.717) is 15.2 Å². The molecule has 1 unspecified atom stereocenters. The third-order valence-corrected chi connectivity index (χ3v) is 7.61. The Balaban J connectivity index is 2.32. The second-order valence-electron chi connectivity index (χ2n) is 4.32. The molecule has 1 fully saturated rings. The smallest absolute Gasteiger partial charge is 0.253 e. The third-order valence-electron chi connectivity index (χ3n) is 3.01. The van der Waals surface area contributed by atoms with Crippen LogP contribution in [0.2, 0.25) is 0 Å². The van der Waals surface area contributed by atoms with Crippen LogP contribution in [0.1, 0.15) is 19.8 Å². The maximum Gasteiger partial charge on any atom is 0.253 e. The Morgan fingerprint density at radius 2 is 2.39 bits per heavy atom. The Morgan fingerprint density at radius 3 is 2.89 bits per heavy atom. The van der Waals surface area contributed by atoms with Gasteiger partial charge in [-0.25, -0.2) is 8.42 Å². The molecule has 102 valence electrons. The summed E-state index contributed by atoms with van der Waals surface area (Å²) in [7, 11) is -3.37. The zero-order valence-corrected chi connectivity index (χ0v) is 13.4. The van der Waals surface area contributed by atoms with Crippen molar-refractivity contribution in [2.45, 2.75) is 30.0 Å². The molecule has 1 atom stereocenters. The van der Waals surface area contributed by atoms with Crippen LogP contribution in [0.5, 0.6) is 0 Å². The molecule has 1 aromatic rings. The maximum absolute atomic E-state index is 12.7. The summed E-state index contributed by atoms with van der Waals surface area (Å²) in [5.74, 6) is 0. The first-order valence-electron chi connectivity index (χ1n) is 6.03. The molecule has 0 saturated carbocycles. The lowest BCUT2D eigenvalue weighted by Gasteiger charge is -2.26. The Hall–Kier alpha value is 0.0500. The van der Waals surface area contributed by atoms with Crippen LogP contribution in [0.15, 0.2) is 20.1 Å². The van der Waals surface area contributed by atoms with Crippen LogP contribution in [-0.2, 0) is 10.0 Å². The topological polar surface area (TPSA) is 49.4 Å². The standard InChI is InChI=1S/C11H17BrN2O2S2/c1-2-6-14(9-3-5-13-8-9)18(15,16)11-10(12)4-7-17-11/h4,7,9,13H,2-3,5-6,8H2,1H3. The second-order valence-corrected chi connectivity index (χ2v) is 8.17. The van der Waals surface area contributed by atoms with Crippen LogP contribution in [0, 0.1) is 0 Å². The maximum atomic E-state index is 12.7. The van der Waals surface area contributed by atoms with Gasteiger partial charge in [0.25, 0.3) is 10.0 Å². The van der Waals surface area contributed by atoms with Crippen molar-refractivity contribution in [1.82, 2.24) is 9.62 Å². The molecule has 1 saturated heterocycles. The molecule has 0 bridgehead atoms. The highest BCUT2D eigenvalue weighted by molar-refractivity contribution is 9.10. The molecular weight excluding hydrogens is 336 g/mol. The van der Waals surface area contributed by atoms with E-state index in [1.165, 1.54) is 11.3 Å². The summed E-state index contributed by atoms with van der Waals surface area (Å²) in [4.78, 5) is 0. The first-order valence-corrected chi connectivity index (χ1v) is 9.14. The predicted octanol–water partition coefficient (Wildman–Crippen LogP) is 2.27. The van der Waals surface area contributed by atoms with Gasteiger partial charge in [-0.3, -0.25) is 0 Å². The largest absolute Gasteiger partial charge is 0.315 e. The molecule has 4 nitrogen and oxygen atoms in total. The number of nitrogens with zero attached hydrogens (tertiary/aromatic N) is 1. The third kappa shape index (κ3) is 2.80. The Morgan fingerprint density at radius 1 is 1.61 bits per heavy atom. The predicted molar refractivity (Wildman–Crippen MR) is 77.5 cm³/mol. The van der Waals surface area contributed by atoms with Crippen LogP contribution in [0.25, 0.3) is 0 Å². The zero-order chi connectivity index (χ0) is 13.2. The average Bonchev–Trinajstić information content (AvgIpc) is 2.96. The number of hydrogen-bond acceptors (Lipinski definition) is 4. The summed E-state index contributed by atoms with van der Waals surface area (Å²) in [6.45, 7) is 4.24. The molecular formula is C11H17BrN2O2S2. The van der Waals surface area contributed by atoms with E-state index in [9.17, 15) is 8.42 Å². The number of nitrogens with one attached hydrogen (secondary N) is 1. The lowest BCUT2D eigenvalue weighted by molar-refractivity contribution is 0.335. The zero-order valence-electron chi connectivity index (χ0n) is 10.2. The molecule has 7 heteroatoms. The van der Waals surface area contributed by atoms with Gasteiger partial charge in [0.05, 0.1) is 0 Å². The van der Waals surface area contributed by atoms with Crippen molar-refractivity contribution >= 4 is 37.3 Å². The highest BCUT2D eigenvalue weighted by Crippen LogP contribution is 2.32. The molecule has 0 aromatic carbocycles. The fourth-order valence-corrected chi connectivity index (χ4v) is 6.35. The molecule has 18 heavy (non-hydrogen) atoms. The number of sulfonamides is 1. The van der Waals surface area contributed by atoms with E-state index in [2.05, 4.69) is 21.2 Å². The van der Waals surface area contributed by atoms with Crippen LogP contribution < -0.4 is 5.32 Å². The van der Waals surface area contributed by atoms with Crippen LogP contribution in [0.3, 0.4) is 0 Å². The van der Waals surface area contributed by atoms with E-state index in [1.807, 2.05) is 6.92 Å². The molecule has 0 radical (unpaired) electrons. The summed E-state index contributed by atoms with van der Waals surface area (Å²) in [6, 6.07) is 1.87. The SMILES string of the molecule is CCCN(C1CCNC1)S(=O)(=O)c1sccc1Br. The second kappa shape index (κ2) is 6.00. The fourth-order valence-electron chi connectivity index (χ4n) is 2.18. The molecule has 1 aromatic heterocycles. The molecule has 2 heterocycles. The van der Waals surface area contributed by atoms with Crippen molar-refractivity contribution in [3.63, 3.8) is 0 Å². The Labute approximate surface area is 121 Å². The quantitative estimate of drug-likeness (QED) is 0.884. The van der Waals surface area contributed by atoms with Crippen LogP contribution in [0.4, 0.5) is 0 Å². The van der Waals surface area contributed by atoms with Gasteiger partial charge in [0.1, 0.15) is 4.21 Å².